The summed E-state index contributed by atoms with van der Waals surface area (Å²) < 4.78 is 2.27. The number of hydrogen-bond donors (Lipinski definition) is 0. The van der Waals surface area contributed by atoms with Crippen LogP contribution in [0.3, 0.4) is 0 Å². The molecule has 1 aliphatic heterocycles. The predicted octanol–water partition coefficient (Wildman–Crippen LogP) is 2.96. The predicted molar refractivity (Wildman–Crippen MR) is 73.6 cm³/mol. The molecule has 0 radical (unpaired) electrons. The molecule has 0 unspecified atom stereocenters. The first kappa shape index (κ1) is 12.0. The lowest BCUT2D eigenvalue weighted by Crippen LogP contribution is -2.43. The Labute approximate surface area is 111 Å². The fraction of sp³-hybridized carbons (Fsp3) is 0.462. The summed E-state index contributed by atoms with van der Waals surface area (Å²) in [5, 5.41) is 0. The second-order valence-corrected chi connectivity index (χ2v) is 5.78. The van der Waals surface area contributed by atoms with E-state index in [1.807, 2.05) is 18.2 Å². The smallest absolute Gasteiger partial charge is 0.140 e. The third-order valence-corrected chi connectivity index (χ3v) is 4.53. The maximum Gasteiger partial charge on any atom is 0.140 e. The van der Waals surface area contributed by atoms with E-state index >= 15 is 0 Å². The van der Waals surface area contributed by atoms with E-state index in [4.69, 9.17) is 0 Å². The van der Waals surface area contributed by atoms with Crippen molar-refractivity contribution in [1.29, 1.82) is 0 Å². The highest BCUT2D eigenvalue weighted by molar-refractivity contribution is 14.1. The van der Waals surface area contributed by atoms with Gasteiger partial charge < -0.3 is 0 Å². The highest BCUT2D eigenvalue weighted by atomic mass is 127. The van der Waals surface area contributed by atoms with Crippen molar-refractivity contribution in [2.24, 2.45) is 0 Å². The third kappa shape index (κ3) is 2.15. The topological polar surface area (TPSA) is 20.3 Å². The van der Waals surface area contributed by atoms with Gasteiger partial charge in [0.1, 0.15) is 5.78 Å². The van der Waals surface area contributed by atoms with Gasteiger partial charge in [-0.3, -0.25) is 4.79 Å². The molecule has 3 heteroatoms. The molecule has 2 nitrogen and oxygen atoms in total. The zero-order valence-corrected chi connectivity index (χ0v) is 11.6. The maximum absolute atomic E-state index is 12.0. The van der Waals surface area contributed by atoms with E-state index in [9.17, 15) is 4.79 Å². The van der Waals surface area contributed by atoms with Crippen LogP contribution in [0.5, 0.6) is 0 Å². The van der Waals surface area contributed by atoms with Gasteiger partial charge in [-0.15, -0.1) is 0 Å². The van der Waals surface area contributed by atoms with Gasteiger partial charge >= 0.3 is 0 Å². The molecule has 1 aromatic rings. The molecule has 1 saturated heterocycles. The molecule has 0 bridgehead atoms. The van der Waals surface area contributed by atoms with Gasteiger partial charge in [-0.05, 0) is 25.3 Å². The molecule has 1 heterocycles. The molecular weight excluding hydrogens is 313 g/mol. The molecular formula is C13H16INO. The SMILES string of the molecule is CC(=O)C1(c2ccccc2)CCN(I)CC1. The number of rotatable bonds is 2. The summed E-state index contributed by atoms with van der Waals surface area (Å²) in [4.78, 5) is 12.0. The van der Waals surface area contributed by atoms with Crippen LogP contribution in [0, 0.1) is 0 Å². The minimum absolute atomic E-state index is 0.233. The number of ketones is 1. The summed E-state index contributed by atoms with van der Waals surface area (Å²) in [6, 6.07) is 10.2. The number of Topliss-reactive ketones (excluding diaryl/α,β-unsaturated/α-hetero) is 1. The van der Waals surface area contributed by atoms with E-state index in [1.54, 1.807) is 6.92 Å². The van der Waals surface area contributed by atoms with Crippen molar-refractivity contribution in [1.82, 2.24) is 3.11 Å². The number of hydrogen-bond acceptors (Lipinski definition) is 2. The molecule has 0 spiro atoms. The Morgan fingerprint density at radius 1 is 1.25 bits per heavy atom. The standard InChI is InChI=1S/C13H16INO/c1-11(16)13(7-9-15(14)10-8-13)12-5-3-2-4-6-12/h2-6H,7-10H2,1H3. The van der Waals surface area contributed by atoms with Gasteiger partial charge in [-0.2, -0.15) is 0 Å². The van der Waals surface area contributed by atoms with Crippen LogP contribution in [-0.4, -0.2) is 22.0 Å². The second kappa shape index (κ2) is 4.84. The largest absolute Gasteiger partial charge is 0.299 e. The minimum Gasteiger partial charge on any atom is -0.299 e. The van der Waals surface area contributed by atoms with Gasteiger partial charge in [0.15, 0.2) is 0 Å². The number of carbonyl (C=O) groups is 1. The van der Waals surface area contributed by atoms with E-state index < -0.39 is 0 Å². The Bertz CT molecular complexity index is 369. The number of halogens is 1. The highest BCUT2D eigenvalue weighted by Crippen LogP contribution is 2.37. The monoisotopic (exact) mass is 329 g/mol. The average molecular weight is 329 g/mol. The first-order valence-corrected chi connectivity index (χ1v) is 6.59. The number of piperidine rings is 1. The Morgan fingerprint density at radius 3 is 2.31 bits per heavy atom. The van der Waals surface area contributed by atoms with Crippen molar-refractivity contribution in [2.75, 3.05) is 13.1 Å². The molecule has 0 aromatic heterocycles. The molecule has 2 rings (SSSR count). The molecule has 1 fully saturated rings. The lowest BCUT2D eigenvalue weighted by molar-refractivity contribution is -0.123. The number of nitrogens with zero attached hydrogens (tertiary/aromatic N) is 1. The first-order valence-electron chi connectivity index (χ1n) is 5.62. The third-order valence-electron chi connectivity index (χ3n) is 3.56. The molecule has 16 heavy (non-hydrogen) atoms. The first-order chi connectivity index (χ1) is 7.65. The zero-order chi connectivity index (χ0) is 11.6. The van der Waals surface area contributed by atoms with Crippen LogP contribution in [0.25, 0.3) is 0 Å². The lowest BCUT2D eigenvalue weighted by atomic mass is 9.70. The van der Waals surface area contributed by atoms with Crippen LogP contribution in [-0.2, 0) is 10.2 Å². The molecule has 0 amide bonds. The quantitative estimate of drug-likeness (QED) is 0.614. The van der Waals surface area contributed by atoms with Crippen molar-refractivity contribution in [3.63, 3.8) is 0 Å². The summed E-state index contributed by atoms with van der Waals surface area (Å²) in [7, 11) is 0. The van der Waals surface area contributed by atoms with Crippen molar-refractivity contribution >= 4 is 28.6 Å². The lowest BCUT2D eigenvalue weighted by Gasteiger charge is -2.38. The van der Waals surface area contributed by atoms with E-state index in [-0.39, 0.29) is 5.41 Å². The minimum atomic E-state index is -0.233. The summed E-state index contributed by atoms with van der Waals surface area (Å²) in [6.07, 6.45) is 1.88. The summed E-state index contributed by atoms with van der Waals surface area (Å²) in [6.45, 7) is 3.72. The van der Waals surface area contributed by atoms with Crippen LogP contribution < -0.4 is 0 Å². The summed E-state index contributed by atoms with van der Waals surface area (Å²) in [5.41, 5.74) is 0.954. The molecule has 86 valence electrons. The van der Waals surface area contributed by atoms with Gasteiger partial charge in [0.25, 0.3) is 0 Å². The Kier molecular flexibility index (Phi) is 3.64. The Hall–Kier alpha value is -0.420. The molecule has 1 aliphatic rings. The summed E-state index contributed by atoms with van der Waals surface area (Å²) in [5.74, 6) is 0.309. The van der Waals surface area contributed by atoms with Crippen LogP contribution in [0.1, 0.15) is 25.3 Å². The van der Waals surface area contributed by atoms with E-state index in [0.717, 1.165) is 25.9 Å². The van der Waals surface area contributed by atoms with Gasteiger partial charge in [0, 0.05) is 36.0 Å². The van der Waals surface area contributed by atoms with Gasteiger partial charge in [-0.25, -0.2) is 3.11 Å². The fourth-order valence-corrected chi connectivity index (χ4v) is 2.94. The fourth-order valence-electron chi connectivity index (χ4n) is 2.46. The van der Waals surface area contributed by atoms with E-state index in [2.05, 4.69) is 38.1 Å². The number of carbonyl (C=O) groups excluding carboxylic acids is 1. The molecule has 0 N–H and O–H groups in total. The summed E-state index contributed by atoms with van der Waals surface area (Å²) >= 11 is 2.34. The second-order valence-electron chi connectivity index (χ2n) is 4.41. The van der Waals surface area contributed by atoms with Crippen LogP contribution >= 0.6 is 22.9 Å². The number of benzene rings is 1. The Morgan fingerprint density at radius 2 is 1.81 bits per heavy atom. The van der Waals surface area contributed by atoms with Crippen molar-refractivity contribution in [2.45, 2.75) is 25.2 Å². The molecule has 0 aliphatic carbocycles. The average Bonchev–Trinajstić information content (AvgIpc) is 2.31. The molecule has 1 aromatic carbocycles. The molecule has 0 saturated carbocycles. The van der Waals surface area contributed by atoms with E-state index in [0.29, 0.717) is 5.78 Å². The maximum atomic E-state index is 12.0. The van der Waals surface area contributed by atoms with Gasteiger partial charge in [0.05, 0.1) is 5.41 Å². The molecule has 0 atom stereocenters. The zero-order valence-electron chi connectivity index (χ0n) is 9.45. The van der Waals surface area contributed by atoms with Crippen LogP contribution in [0.15, 0.2) is 30.3 Å². The Balaban J connectivity index is 2.34. The normalized spacial score (nSPS) is 20.6. The van der Waals surface area contributed by atoms with Crippen molar-refractivity contribution < 1.29 is 4.79 Å². The van der Waals surface area contributed by atoms with E-state index in [1.165, 1.54) is 5.56 Å². The van der Waals surface area contributed by atoms with Crippen molar-refractivity contribution in [3.8, 4) is 0 Å². The van der Waals surface area contributed by atoms with Gasteiger partial charge in [-0.1, -0.05) is 30.3 Å². The van der Waals surface area contributed by atoms with Gasteiger partial charge in [0.2, 0.25) is 0 Å². The highest BCUT2D eigenvalue weighted by Gasteiger charge is 2.39. The van der Waals surface area contributed by atoms with Crippen molar-refractivity contribution in [3.05, 3.63) is 35.9 Å². The van der Waals surface area contributed by atoms with Crippen LogP contribution in [0.2, 0.25) is 0 Å². The van der Waals surface area contributed by atoms with Crippen LogP contribution in [0.4, 0.5) is 0 Å².